The summed E-state index contributed by atoms with van der Waals surface area (Å²) in [6, 6.07) is 32.2. The molecule has 0 fully saturated rings. The summed E-state index contributed by atoms with van der Waals surface area (Å²) in [5, 5.41) is 6.64. The van der Waals surface area contributed by atoms with E-state index in [4.69, 9.17) is 11.6 Å². The molecule has 1 heterocycles. The summed E-state index contributed by atoms with van der Waals surface area (Å²) in [5.41, 5.74) is 3.28. The van der Waals surface area contributed by atoms with Crippen LogP contribution < -0.4 is 10.6 Å². The number of fused-ring (bicyclic) bond motifs is 1. The number of hydrogen-bond donors (Lipinski definition) is 2. The number of aromatic nitrogens is 1. The number of nitrogens with zero attached hydrogens (tertiary/aromatic N) is 1. The van der Waals surface area contributed by atoms with Crippen LogP contribution in [0.3, 0.4) is 0 Å². The number of amides is 2. The topological polar surface area (TPSA) is 71.1 Å². The number of benzene rings is 4. The number of halogens is 1. The lowest BCUT2D eigenvalue weighted by atomic mass is 10.1. The molecule has 0 aliphatic heterocycles. The van der Waals surface area contributed by atoms with Crippen LogP contribution in [0.1, 0.15) is 16.4 Å². The van der Waals surface area contributed by atoms with Crippen molar-refractivity contribution in [2.24, 2.45) is 0 Å². The van der Waals surface area contributed by atoms with Gasteiger partial charge in [0.1, 0.15) is 5.25 Å². The first-order valence-electron chi connectivity index (χ1n) is 11.6. The Morgan fingerprint density at radius 3 is 2.41 bits per heavy atom. The van der Waals surface area contributed by atoms with Gasteiger partial charge in [-0.3, -0.25) is 9.59 Å². The van der Waals surface area contributed by atoms with Gasteiger partial charge < -0.3 is 10.6 Å². The molecule has 5 aromatic rings. The van der Waals surface area contributed by atoms with Gasteiger partial charge in [0.15, 0.2) is 5.13 Å². The molecule has 1 unspecified atom stereocenters. The zero-order valence-corrected chi connectivity index (χ0v) is 21.9. The van der Waals surface area contributed by atoms with E-state index in [0.717, 1.165) is 26.2 Å². The Morgan fingerprint density at radius 1 is 0.865 bits per heavy atom. The van der Waals surface area contributed by atoms with Crippen LogP contribution in [0, 0.1) is 0 Å². The van der Waals surface area contributed by atoms with Crippen LogP contribution in [-0.4, -0.2) is 16.8 Å². The summed E-state index contributed by atoms with van der Waals surface area (Å²) in [6.45, 7) is 0. The van der Waals surface area contributed by atoms with Gasteiger partial charge >= 0.3 is 0 Å². The molecule has 2 amide bonds. The molecule has 1 atom stereocenters. The maximum absolute atomic E-state index is 13.4. The highest BCUT2D eigenvalue weighted by Crippen LogP contribution is 2.38. The number of para-hydroxylation sites is 1. The molecule has 1 aromatic heterocycles. The minimum atomic E-state index is -0.506. The number of carbonyl (C=O) groups excluding carboxylic acids is 2. The minimum Gasteiger partial charge on any atom is -0.326 e. The highest BCUT2D eigenvalue weighted by atomic mass is 35.5. The highest BCUT2D eigenvalue weighted by molar-refractivity contribution is 8.00. The molecule has 0 saturated heterocycles. The summed E-state index contributed by atoms with van der Waals surface area (Å²) in [7, 11) is 0. The minimum absolute atomic E-state index is 0.127. The third kappa shape index (κ3) is 6.57. The van der Waals surface area contributed by atoms with E-state index in [1.807, 2.05) is 91.0 Å². The molecule has 37 heavy (non-hydrogen) atoms. The number of anilines is 2. The molecule has 5 rings (SSSR count). The lowest BCUT2D eigenvalue weighted by molar-refractivity contribution is -0.116. The van der Waals surface area contributed by atoms with E-state index in [1.54, 1.807) is 12.1 Å². The number of nitrogens with one attached hydrogen (secondary N) is 2. The molecule has 0 spiro atoms. The van der Waals surface area contributed by atoms with Gasteiger partial charge in [-0.05, 0) is 53.6 Å². The molecule has 0 aliphatic carbocycles. The van der Waals surface area contributed by atoms with Crippen LogP contribution in [0.4, 0.5) is 10.8 Å². The van der Waals surface area contributed by atoms with Crippen molar-refractivity contribution < 1.29 is 9.59 Å². The number of hydrogen-bond acceptors (Lipinski definition) is 5. The van der Waals surface area contributed by atoms with Crippen LogP contribution in [0.25, 0.3) is 10.2 Å². The lowest BCUT2D eigenvalue weighted by Gasteiger charge is -2.17. The van der Waals surface area contributed by atoms with Crippen LogP contribution in [-0.2, 0) is 16.0 Å². The average molecular weight is 544 g/mol. The fourth-order valence-electron chi connectivity index (χ4n) is 3.77. The second kappa shape index (κ2) is 11.6. The molecule has 5 nitrogen and oxygen atoms in total. The highest BCUT2D eigenvalue weighted by Gasteiger charge is 2.23. The Bertz CT molecular complexity index is 1510. The Labute approximate surface area is 227 Å². The van der Waals surface area contributed by atoms with Crippen molar-refractivity contribution in [3.05, 3.63) is 119 Å². The molecular weight excluding hydrogens is 522 g/mol. The quantitative estimate of drug-likeness (QED) is 0.198. The fourth-order valence-corrected chi connectivity index (χ4v) is 5.85. The summed E-state index contributed by atoms with van der Waals surface area (Å²) in [5.74, 6) is -0.287. The normalized spacial score (nSPS) is 11.7. The number of carbonyl (C=O) groups is 2. The van der Waals surface area contributed by atoms with Crippen molar-refractivity contribution in [2.75, 3.05) is 10.6 Å². The largest absolute Gasteiger partial charge is 0.326 e. The van der Waals surface area contributed by atoms with Gasteiger partial charge in [-0.15, -0.1) is 11.8 Å². The van der Waals surface area contributed by atoms with Crippen LogP contribution in [0.5, 0.6) is 0 Å². The first-order chi connectivity index (χ1) is 18.0. The van der Waals surface area contributed by atoms with Gasteiger partial charge in [-0.2, -0.15) is 0 Å². The van der Waals surface area contributed by atoms with E-state index >= 15 is 0 Å². The lowest BCUT2D eigenvalue weighted by Crippen LogP contribution is -2.19. The molecular formula is C29H22ClN3O2S2. The Kier molecular flexibility index (Phi) is 7.84. The standard InChI is InChI=1S/C29H22ClN3O2S2/c30-21-15-13-19(14-16-21)17-26(34)31-22-9-6-10-23(18-22)36-27(20-7-2-1-3-8-20)28(35)33-29-32-24-11-4-5-12-25(24)37-29/h1-16,18,27H,17H2,(H,31,34)(H,32,33,35). The second-order valence-corrected chi connectivity index (χ2v) is 10.9. The zero-order valence-electron chi connectivity index (χ0n) is 19.6. The monoisotopic (exact) mass is 543 g/mol. The molecule has 0 saturated carbocycles. The number of thioether (sulfide) groups is 1. The first kappa shape index (κ1) is 25.0. The maximum atomic E-state index is 13.4. The first-order valence-corrected chi connectivity index (χ1v) is 13.6. The summed E-state index contributed by atoms with van der Waals surface area (Å²) >= 11 is 8.80. The second-order valence-electron chi connectivity index (χ2n) is 8.26. The Hall–Kier alpha value is -3.65. The van der Waals surface area contributed by atoms with E-state index in [2.05, 4.69) is 15.6 Å². The van der Waals surface area contributed by atoms with Crippen LogP contribution >= 0.6 is 34.7 Å². The molecule has 184 valence electrons. The van der Waals surface area contributed by atoms with Crippen LogP contribution in [0.15, 0.2) is 108 Å². The molecule has 4 aromatic carbocycles. The van der Waals surface area contributed by atoms with Crippen molar-refractivity contribution >= 4 is 67.5 Å². The van der Waals surface area contributed by atoms with E-state index in [-0.39, 0.29) is 18.2 Å². The van der Waals surface area contributed by atoms with E-state index < -0.39 is 5.25 Å². The molecule has 0 bridgehead atoms. The SMILES string of the molecule is O=C(Cc1ccc(Cl)cc1)Nc1cccc(SC(C(=O)Nc2nc3ccccc3s2)c2ccccc2)c1. The summed E-state index contributed by atoms with van der Waals surface area (Å²) in [6.07, 6.45) is 0.242. The summed E-state index contributed by atoms with van der Waals surface area (Å²) < 4.78 is 1.02. The van der Waals surface area contributed by atoms with Gasteiger partial charge in [0.2, 0.25) is 11.8 Å². The zero-order chi connectivity index (χ0) is 25.6. The third-order valence-corrected chi connectivity index (χ3v) is 7.97. The van der Waals surface area contributed by atoms with Gasteiger partial charge in [0.05, 0.1) is 16.6 Å². The molecule has 0 radical (unpaired) electrons. The van der Waals surface area contributed by atoms with Gasteiger partial charge in [-0.25, -0.2) is 4.98 Å². The number of thiazole rings is 1. The predicted octanol–water partition coefficient (Wildman–Crippen LogP) is 7.60. The number of rotatable bonds is 8. The van der Waals surface area contributed by atoms with E-state index in [0.29, 0.717) is 15.8 Å². The van der Waals surface area contributed by atoms with Gasteiger partial charge in [-0.1, -0.05) is 83.6 Å². The average Bonchev–Trinajstić information content (AvgIpc) is 3.31. The Balaban J connectivity index is 1.31. The van der Waals surface area contributed by atoms with Crippen molar-refractivity contribution in [1.29, 1.82) is 0 Å². The van der Waals surface area contributed by atoms with Crippen molar-refractivity contribution in [2.45, 2.75) is 16.6 Å². The summed E-state index contributed by atoms with van der Waals surface area (Å²) in [4.78, 5) is 31.4. The maximum Gasteiger partial charge on any atom is 0.244 e. The predicted molar refractivity (Wildman–Crippen MR) is 154 cm³/mol. The van der Waals surface area contributed by atoms with Gasteiger partial charge in [0.25, 0.3) is 0 Å². The van der Waals surface area contributed by atoms with Gasteiger partial charge in [0, 0.05) is 15.6 Å². The van der Waals surface area contributed by atoms with Crippen molar-refractivity contribution in [1.82, 2.24) is 4.98 Å². The molecule has 0 aliphatic rings. The fraction of sp³-hybridized carbons (Fsp3) is 0.0690. The molecule has 2 N–H and O–H groups in total. The Morgan fingerprint density at radius 2 is 1.62 bits per heavy atom. The van der Waals surface area contributed by atoms with Crippen molar-refractivity contribution in [3.8, 4) is 0 Å². The molecule has 8 heteroatoms. The van der Waals surface area contributed by atoms with E-state index in [1.165, 1.54) is 23.1 Å². The smallest absolute Gasteiger partial charge is 0.244 e. The van der Waals surface area contributed by atoms with Crippen molar-refractivity contribution in [3.63, 3.8) is 0 Å². The van der Waals surface area contributed by atoms with E-state index in [9.17, 15) is 9.59 Å². The van der Waals surface area contributed by atoms with Crippen LogP contribution in [0.2, 0.25) is 5.02 Å². The third-order valence-electron chi connectivity index (χ3n) is 5.51.